The first-order valence-corrected chi connectivity index (χ1v) is 8.56. The van der Waals surface area contributed by atoms with Crippen molar-refractivity contribution in [3.8, 4) is 0 Å². The van der Waals surface area contributed by atoms with E-state index in [1.54, 1.807) is 0 Å². The van der Waals surface area contributed by atoms with Crippen LogP contribution in [0.4, 0.5) is 0 Å². The van der Waals surface area contributed by atoms with Crippen LogP contribution in [-0.2, 0) is 11.2 Å². The number of halogens is 1. The van der Waals surface area contributed by atoms with Gasteiger partial charge < -0.3 is 0 Å². The van der Waals surface area contributed by atoms with Crippen LogP contribution in [0.1, 0.15) is 12.5 Å². The lowest BCUT2D eigenvalue weighted by molar-refractivity contribution is -0.117. The summed E-state index contributed by atoms with van der Waals surface area (Å²) in [6, 6.07) is 8.03. The fraction of sp³-hybridized carbons (Fsp3) is 0.462. The minimum atomic E-state index is 0.174. The highest BCUT2D eigenvalue weighted by atomic mass is 79.9. The van der Waals surface area contributed by atoms with Gasteiger partial charge in [0.2, 0.25) is 0 Å². The Morgan fingerprint density at radius 2 is 2.18 bits per heavy atom. The largest absolute Gasteiger partial charge is 0.298 e. The number of carbonyl (C=O) groups is 1. The van der Waals surface area contributed by atoms with Crippen LogP contribution in [0.5, 0.6) is 0 Å². The minimum absolute atomic E-state index is 0.174. The van der Waals surface area contributed by atoms with Crippen molar-refractivity contribution in [3.05, 3.63) is 34.3 Å². The molecule has 2 unspecified atom stereocenters. The second kappa shape index (κ2) is 6.30. The Morgan fingerprint density at radius 1 is 1.41 bits per heavy atom. The van der Waals surface area contributed by atoms with E-state index in [4.69, 9.17) is 0 Å². The van der Waals surface area contributed by atoms with Crippen molar-refractivity contribution in [1.82, 2.24) is 0 Å². The Labute approximate surface area is 119 Å². The van der Waals surface area contributed by atoms with Gasteiger partial charge in [-0.05, 0) is 17.7 Å². The zero-order valence-electron chi connectivity index (χ0n) is 9.69. The summed E-state index contributed by atoms with van der Waals surface area (Å²) in [6.07, 6.45) is 0.558. The van der Waals surface area contributed by atoms with Crippen molar-refractivity contribution in [3.63, 3.8) is 0 Å². The van der Waals surface area contributed by atoms with Crippen LogP contribution in [0.2, 0.25) is 0 Å². The molecule has 2 rings (SSSR count). The highest BCUT2D eigenvalue weighted by Crippen LogP contribution is 2.32. The average Bonchev–Trinajstić information content (AvgIpc) is 2.29. The Morgan fingerprint density at radius 3 is 2.88 bits per heavy atom. The number of ketones is 1. The molecular formula is C13H15BrOS2. The van der Waals surface area contributed by atoms with E-state index in [9.17, 15) is 4.79 Å². The summed E-state index contributed by atoms with van der Waals surface area (Å²) in [7, 11) is 0. The molecule has 0 spiro atoms. The molecular weight excluding hydrogens is 316 g/mol. The van der Waals surface area contributed by atoms with E-state index < -0.39 is 0 Å². The maximum atomic E-state index is 12.2. The maximum Gasteiger partial charge on any atom is 0.151 e. The highest BCUT2D eigenvalue weighted by molar-refractivity contribution is 9.10. The standard InChI is InChI=1S/C13H15BrOS2/c1-9-13(17-6-5-16-9)12(15)8-10-3-2-4-11(14)7-10/h2-4,7,9,13H,5-6,8H2,1H3. The molecule has 0 bridgehead atoms. The average molecular weight is 331 g/mol. The van der Waals surface area contributed by atoms with E-state index in [0.29, 0.717) is 17.5 Å². The Kier molecular flexibility index (Phi) is 5.00. The zero-order chi connectivity index (χ0) is 12.3. The predicted molar refractivity (Wildman–Crippen MR) is 81.0 cm³/mol. The fourth-order valence-corrected chi connectivity index (χ4v) is 5.12. The summed E-state index contributed by atoms with van der Waals surface area (Å²) in [5.41, 5.74) is 1.10. The Balaban J connectivity index is 2.01. The molecule has 2 atom stereocenters. The van der Waals surface area contributed by atoms with Gasteiger partial charge in [0.25, 0.3) is 0 Å². The van der Waals surface area contributed by atoms with Gasteiger partial charge in [-0.25, -0.2) is 0 Å². The molecule has 4 heteroatoms. The molecule has 17 heavy (non-hydrogen) atoms. The third-order valence-corrected chi connectivity index (χ3v) is 6.40. The molecule has 0 N–H and O–H groups in total. The lowest BCUT2D eigenvalue weighted by Crippen LogP contribution is -2.32. The van der Waals surface area contributed by atoms with Gasteiger partial charge in [-0.15, -0.1) is 11.8 Å². The summed E-state index contributed by atoms with van der Waals surface area (Å²) in [5, 5.41) is 0.626. The minimum Gasteiger partial charge on any atom is -0.298 e. The topological polar surface area (TPSA) is 17.1 Å². The molecule has 92 valence electrons. The lowest BCUT2D eigenvalue weighted by atomic mass is 10.1. The second-order valence-corrected chi connectivity index (χ2v) is 7.79. The molecule has 0 radical (unpaired) electrons. The van der Waals surface area contributed by atoms with Gasteiger partial charge in [0.15, 0.2) is 5.78 Å². The summed E-state index contributed by atoms with van der Waals surface area (Å²) >= 11 is 7.18. The van der Waals surface area contributed by atoms with Gasteiger partial charge >= 0.3 is 0 Å². The molecule has 0 amide bonds. The van der Waals surface area contributed by atoms with Crippen molar-refractivity contribution < 1.29 is 4.79 Å². The van der Waals surface area contributed by atoms with E-state index in [0.717, 1.165) is 15.8 Å². The molecule has 0 aliphatic carbocycles. The molecule has 1 aromatic carbocycles. The van der Waals surface area contributed by atoms with Crippen LogP contribution in [0, 0.1) is 0 Å². The summed E-state index contributed by atoms with van der Waals surface area (Å²) < 4.78 is 1.04. The first kappa shape index (κ1) is 13.5. The van der Waals surface area contributed by atoms with E-state index in [2.05, 4.69) is 22.9 Å². The number of benzene rings is 1. The van der Waals surface area contributed by atoms with Crippen molar-refractivity contribution in [2.45, 2.75) is 23.8 Å². The quantitative estimate of drug-likeness (QED) is 0.839. The van der Waals surface area contributed by atoms with Crippen molar-refractivity contribution in [1.29, 1.82) is 0 Å². The summed E-state index contributed by atoms with van der Waals surface area (Å²) in [5.74, 6) is 2.64. The van der Waals surface area contributed by atoms with Gasteiger partial charge in [0, 0.05) is 27.6 Å². The number of hydrogen-bond donors (Lipinski definition) is 0. The van der Waals surface area contributed by atoms with Crippen LogP contribution in [0.3, 0.4) is 0 Å². The number of thioether (sulfide) groups is 2. The smallest absolute Gasteiger partial charge is 0.151 e. The van der Waals surface area contributed by atoms with Crippen molar-refractivity contribution in [2.24, 2.45) is 0 Å². The van der Waals surface area contributed by atoms with Gasteiger partial charge in [0.05, 0.1) is 5.25 Å². The molecule has 1 nitrogen and oxygen atoms in total. The Hall–Kier alpha value is 0.0700. The van der Waals surface area contributed by atoms with Gasteiger partial charge in [-0.2, -0.15) is 11.8 Å². The lowest BCUT2D eigenvalue weighted by Gasteiger charge is -2.26. The number of carbonyl (C=O) groups excluding carboxylic acids is 1. The van der Waals surface area contributed by atoms with E-state index in [1.807, 2.05) is 47.8 Å². The van der Waals surface area contributed by atoms with Crippen LogP contribution in [0.15, 0.2) is 28.7 Å². The van der Waals surface area contributed by atoms with E-state index >= 15 is 0 Å². The fourth-order valence-electron chi connectivity index (χ4n) is 1.94. The van der Waals surface area contributed by atoms with Gasteiger partial charge in [-0.1, -0.05) is 35.0 Å². The third-order valence-electron chi connectivity index (χ3n) is 2.77. The number of Topliss-reactive ketones (excluding diaryl/α,β-unsaturated/α-hetero) is 1. The summed E-state index contributed by atoms with van der Waals surface area (Å²) in [4.78, 5) is 12.2. The molecule has 0 aromatic heterocycles. The van der Waals surface area contributed by atoms with Crippen LogP contribution in [-0.4, -0.2) is 27.8 Å². The molecule has 1 fully saturated rings. The van der Waals surface area contributed by atoms with Crippen LogP contribution < -0.4 is 0 Å². The maximum absolute atomic E-state index is 12.2. The third kappa shape index (κ3) is 3.76. The Bertz CT molecular complexity index is 408. The van der Waals surface area contributed by atoms with Crippen molar-refractivity contribution >= 4 is 45.2 Å². The molecule has 1 aliphatic rings. The van der Waals surface area contributed by atoms with E-state index in [-0.39, 0.29) is 5.25 Å². The number of hydrogen-bond acceptors (Lipinski definition) is 3. The van der Waals surface area contributed by atoms with Crippen LogP contribution >= 0.6 is 39.5 Å². The van der Waals surface area contributed by atoms with E-state index in [1.165, 1.54) is 5.75 Å². The molecule has 1 aliphatic heterocycles. The monoisotopic (exact) mass is 330 g/mol. The highest BCUT2D eigenvalue weighted by Gasteiger charge is 2.28. The SMILES string of the molecule is CC1SCCSC1C(=O)Cc1cccc(Br)c1. The predicted octanol–water partition coefficient (Wildman–Crippen LogP) is 3.80. The van der Waals surface area contributed by atoms with Crippen LogP contribution in [0.25, 0.3) is 0 Å². The first-order valence-electron chi connectivity index (χ1n) is 5.67. The zero-order valence-corrected chi connectivity index (χ0v) is 12.9. The van der Waals surface area contributed by atoms with Gasteiger partial charge in [-0.3, -0.25) is 4.79 Å². The normalized spacial score (nSPS) is 24.6. The molecule has 1 aromatic rings. The molecule has 0 saturated carbocycles. The van der Waals surface area contributed by atoms with Gasteiger partial charge in [0.1, 0.15) is 0 Å². The number of rotatable bonds is 3. The molecule has 1 saturated heterocycles. The molecule has 1 heterocycles. The summed E-state index contributed by atoms with van der Waals surface area (Å²) in [6.45, 7) is 2.17. The first-order chi connectivity index (χ1) is 8.16. The van der Waals surface area contributed by atoms with Crippen molar-refractivity contribution in [2.75, 3.05) is 11.5 Å². The second-order valence-electron chi connectivity index (χ2n) is 4.14.